The van der Waals surface area contributed by atoms with Crippen molar-refractivity contribution in [3.8, 4) is 11.4 Å². The zero-order valence-electron chi connectivity index (χ0n) is 14.3. The number of amides is 1. The molecule has 1 aliphatic heterocycles. The Morgan fingerprint density at radius 2 is 2.08 bits per heavy atom. The minimum Gasteiger partial charge on any atom is -0.339 e. The van der Waals surface area contributed by atoms with Crippen molar-refractivity contribution in [2.24, 2.45) is 0 Å². The second-order valence-corrected chi connectivity index (χ2v) is 9.75. The third-order valence-electron chi connectivity index (χ3n) is 3.74. The number of aromatic amines is 1. The molecule has 0 bridgehead atoms. The van der Waals surface area contributed by atoms with Crippen LogP contribution in [0.4, 0.5) is 0 Å². The molecule has 1 fully saturated rings. The van der Waals surface area contributed by atoms with E-state index in [0.717, 1.165) is 29.4 Å². The average Bonchev–Trinajstić information content (AvgIpc) is 3.15. The van der Waals surface area contributed by atoms with E-state index in [1.165, 1.54) is 0 Å². The van der Waals surface area contributed by atoms with Crippen molar-refractivity contribution in [3.63, 3.8) is 0 Å². The van der Waals surface area contributed by atoms with Crippen LogP contribution in [0, 0.1) is 0 Å². The van der Waals surface area contributed by atoms with Gasteiger partial charge in [-0.3, -0.25) is 4.79 Å². The number of thioether (sulfide) groups is 2. The molecule has 1 aromatic carbocycles. The first kappa shape index (κ1) is 17.4. The second-order valence-electron chi connectivity index (χ2n) is 6.76. The first-order valence-corrected chi connectivity index (χ1v) is 10.1. The van der Waals surface area contributed by atoms with Crippen LogP contribution in [-0.2, 0) is 4.79 Å². The fourth-order valence-electron chi connectivity index (χ4n) is 2.61. The van der Waals surface area contributed by atoms with Gasteiger partial charge in [0.05, 0.1) is 17.6 Å². The Hall–Kier alpha value is -1.40. The van der Waals surface area contributed by atoms with Crippen LogP contribution in [0.3, 0.4) is 0 Å². The van der Waals surface area contributed by atoms with Crippen molar-refractivity contribution in [3.05, 3.63) is 42.2 Å². The van der Waals surface area contributed by atoms with Crippen LogP contribution in [0.2, 0.25) is 0 Å². The van der Waals surface area contributed by atoms with Gasteiger partial charge in [-0.15, -0.1) is 11.8 Å². The Morgan fingerprint density at radius 3 is 2.79 bits per heavy atom. The van der Waals surface area contributed by atoms with Gasteiger partial charge in [0, 0.05) is 22.6 Å². The zero-order chi connectivity index (χ0) is 17.2. The number of carbonyl (C=O) groups excluding carboxylic acids is 1. The summed E-state index contributed by atoms with van der Waals surface area (Å²) in [6, 6.07) is 10.1. The summed E-state index contributed by atoms with van der Waals surface area (Å²) in [5.74, 6) is 2.57. The van der Waals surface area contributed by atoms with Crippen LogP contribution in [0.15, 0.2) is 36.5 Å². The van der Waals surface area contributed by atoms with Gasteiger partial charge in [-0.2, -0.15) is 11.8 Å². The van der Waals surface area contributed by atoms with E-state index in [0.29, 0.717) is 5.75 Å². The van der Waals surface area contributed by atoms with Crippen LogP contribution >= 0.6 is 23.5 Å². The van der Waals surface area contributed by atoms with Crippen molar-refractivity contribution in [1.29, 1.82) is 0 Å². The minimum absolute atomic E-state index is 0.0445. The highest BCUT2D eigenvalue weighted by molar-refractivity contribution is 8.01. The number of H-pyrrole nitrogens is 1. The summed E-state index contributed by atoms with van der Waals surface area (Å²) >= 11 is 3.57. The van der Waals surface area contributed by atoms with Gasteiger partial charge in [-0.05, 0) is 0 Å². The number of hydrogen-bond acceptors (Lipinski definition) is 4. The smallest absolute Gasteiger partial charge is 0.233 e. The van der Waals surface area contributed by atoms with Crippen molar-refractivity contribution in [2.45, 2.75) is 30.9 Å². The molecule has 1 amide bonds. The van der Waals surface area contributed by atoms with Gasteiger partial charge >= 0.3 is 0 Å². The van der Waals surface area contributed by atoms with Crippen LogP contribution in [-0.4, -0.2) is 43.6 Å². The van der Waals surface area contributed by atoms with E-state index in [4.69, 9.17) is 0 Å². The monoisotopic (exact) mass is 361 g/mol. The molecular weight excluding hydrogens is 338 g/mol. The quantitative estimate of drug-likeness (QED) is 0.868. The van der Waals surface area contributed by atoms with Crippen molar-refractivity contribution < 1.29 is 4.79 Å². The molecule has 0 saturated carbocycles. The summed E-state index contributed by atoms with van der Waals surface area (Å²) in [7, 11) is 0. The first-order chi connectivity index (χ1) is 11.4. The molecule has 1 N–H and O–H groups in total. The number of carbonyl (C=O) groups is 1. The molecule has 1 aromatic heterocycles. The number of benzene rings is 1. The number of aromatic nitrogens is 2. The number of hydrogen-bond donors (Lipinski definition) is 1. The lowest BCUT2D eigenvalue weighted by atomic mass is 10.2. The number of rotatable bonds is 5. The molecule has 6 heteroatoms. The third kappa shape index (κ3) is 4.16. The largest absolute Gasteiger partial charge is 0.339 e. The molecule has 1 unspecified atom stereocenters. The highest BCUT2D eigenvalue weighted by Gasteiger charge is 2.34. The number of nitrogens with zero attached hydrogens (tertiary/aromatic N) is 2. The summed E-state index contributed by atoms with van der Waals surface area (Å²) in [6.07, 6.45) is 1.86. The maximum Gasteiger partial charge on any atom is 0.233 e. The highest BCUT2D eigenvalue weighted by atomic mass is 32.2. The van der Waals surface area contributed by atoms with E-state index >= 15 is 0 Å². The topological polar surface area (TPSA) is 49.0 Å². The normalized spacial score (nSPS) is 18.4. The molecule has 1 saturated heterocycles. The third-order valence-corrected chi connectivity index (χ3v) is 6.23. The molecule has 2 heterocycles. The molecular formula is C18H23N3OS2. The van der Waals surface area contributed by atoms with Crippen LogP contribution in [0.25, 0.3) is 11.4 Å². The predicted octanol–water partition coefficient (Wildman–Crippen LogP) is 4.18. The molecule has 4 nitrogen and oxygen atoms in total. The van der Waals surface area contributed by atoms with E-state index in [2.05, 4.69) is 30.7 Å². The maximum absolute atomic E-state index is 12.3. The predicted molar refractivity (Wildman–Crippen MR) is 103 cm³/mol. The van der Waals surface area contributed by atoms with E-state index in [1.54, 1.807) is 11.8 Å². The molecule has 24 heavy (non-hydrogen) atoms. The summed E-state index contributed by atoms with van der Waals surface area (Å²) in [6.45, 7) is 7.39. The lowest BCUT2D eigenvalue weighted by Gasteiger charge is -2.25. The lowest BCUT2D eigenvalue weighted by Crippen LogP contribution is -2.31. The molecule has 0 radical (unpaired) electrons. The zero-order valence-corrected chi connectivity index (χ0v) is 15.9. The van der Waals surface area contributed by atoms with Gasteiger partial charge in [-0.1, -0.05) is 51.1 Å². The fourth-order valence-corrected chi connectivity index (χ4v) is 4.68. The van der Waals surface area contributed by atoms with Gasteiger partial charge < -0.3 is 9.88 Å². The molecule has 0 spiro atoms. The summed E-state index contributed by atoms with van der Waals surface area (Å²) < 4.78 is 0.222. The van der Waals surface area contributed by atoms with Crippen LogP contribution in [0.1, 0.15) is 31.8 Å². The van der Waals surface area contributed by atoms with Gasteiger partial charge in [0.1, 0.15) is 11.2 Å². The molecule has 3 rings (SSSR count). The average molecular weight is 362 g/mol. The first-order valence-electron chi connectivity index (χ1n) is 8.09. The van der Waals surface area contributed by atoms with Crippen molar-refractivity contribution in [2.75, 3.05) is 18.1 Å². The molecule has 0 aliphatic carbocycles. The molecule has 128 valence electrons. The maximum atomic E-state index is 12.3. The number of nitrogens with one attached hydrogen (secondary N) is 1. The van der Waals surface area contributed by atoms with E-state index in [1.807, 2.05) is 53.2 Å². The van der Waals surface area contributed by atoms with E-state index in [-0.39, 0.29) is 16.0 Å². The Morgan fingerprint density at radius 1 is 1.33 bits per heavy atom. The fraction of sp³-hybridized carbons (Fsp3) is 0.444. The highest BCUT2D eigenvalue weighted by Crippen LogP contribution is 2.38. The van der Waals surface area contributed by atoms with Crippen molar-refractivity contribution >= 4 is 29.4 Å². The Bertz CT molecular complexity index is 694. The summed E-state index contributed by atoms with van der Waals surface area (Å²) in [4.78, 5) is 22.1. The Labute approximate surface area is 151 Å². The van der Waals surface area contributed by atoms with Crippen molar-refractivity contribution in [1.82, 2.24) is 14.9 Å². The van der Waals surface area contributed by atoms with Gasteiger partial charge in [-0.25, -0.2) is 4.98 Å². The molecule has 1 aliphatic rings. The SMILES string of the molecule is CC(C)(C)SCCN1C(=O)CSC1c1cnc(-c2ccccc2)[nH]1. The van der Waals surface area contributed by atoms with Gasteiger partial charge in [0.25, 0.3) is 0 Å². The Kier molecular flexibility index (Phi) is 5.25. The van der Waals surface area contributed by atoms with Gasteiger partial charge in [0.15, 0.2) is 0 Å². The second kappa shape index (κ2) is 7.23. The Balaban J connectivity index is 1.71. The standard InChI is InChI=1S/C18H23N3OS2/c1-18(2,3)24-10-9-21-15(22)12-23-17(21)14-11-19-16(20-14)13-7-5-4-6-8-13/h4-8,11,17H,9-10,12H2,1-3H3,(H,19,20). The minimum atomic E-state index is 0.0445. The lowest BCUT2D eigenvalue weighted by molar-refractivity contribution is -0.127. The molecule has 2 aromatic rings. The van der Waals surface area contributed by atoms with Crippen LogP contribution < -0.4 is 0 Å². The van der Waals surface area contributed by atoms with Crippen LogP contribution in [0.5, 0.6) is 0 Å². The summed E-state index contributed by atoms with van der Waals surface area (Å²) in [5, 5.41) is 0.0445. The van der Waals surface area contributed by atoms with E-state index in [9.17, 15) is 4.79 Å². The number of imidazole rings is 1. The molecule has 1 atom stereocenters. The summed E-state index contributed by atoms with van der Waals surface area (Å²) in [5.41, 5.74) is 2.07. The van der Waals surface area contributed by atoms with Gasteiger partial charge in [0.2, 0.25) is 5.91 Å². The van der Waals surface area contributed by atoms with E-state index < -0.39 is 0 Å².